The summed E-state index contributed by atoms with van der Waals surface area (Å²) in [5.41, 5.74) is 0. The van der Waals surface area contributed by atoms with Gasteiger partial charge in [0, 0.05) is 0 Å². The summed E-state index contributed by atoms with van der Waals surface area (Å²) in [6, 6.07) is 0. The minimum atomic E-state index is 0.868. The predicted molar refractivity (Wildman–Crippen MR) is 103 cm³/mol. The number of hydrogen-bond donors (Lipinski definition) is 0. The molecule has 3 atom stereocenters. The van der Waals surface area contributed by atoms with E-state index >= 15 is 0 Å². The van der Waals surface area contributed by atoms with Crippen LogP contribution in [0, 0.1) is 29.6 Å². The smallest absolute Gasteiger partial charge is 0.0394 e. The molecule has 0 aromatic rings. The fraction of sp³-hybridized carbons (Fsp3) is 1.00. The van der Waals surface area contributed by atoms with Crippen LogP contribution in [0.3, 0.4) is 0 Å². The minimum Gasteiger partial charge on any atom is -0.0651 e. The summed E-state index contributed by atoms with van der Waals surface area (Å²) in [5.74, 6) is 4.58. The summed E-state index contributed by atoms with van der Waals surface area (Å²) in [5, 5.41) is 0. The molecule has 0 heteroatoms. The molecule has 0 nitrogen and oxygen atoms in total. The van der Waals surface area contributed by atoms with Crippen molar-refractivity contribution in [1.29, 1.82) is 0 Å². The maximum absolute atomic E-state index is 2.47. The van der Waals surface area contributed by atoms with E-state index in [4.69, 9.17) is 0 Å². The predicted octanol–water partition coefficient (Wildman–Crippen LogP) is 8.11. The second-order valence-corrected chi connectivity index (χ2v) is 8.81. The van der Waals surface area contributed by atoms with Crippen LogP contribution in [0.2, 0.25) is 0 Å². The summed E-state index contributed by atoms with van der Waals surface area (Å²) < 4.78 is 0. The van der Waals surface area contributed by atoms with Gasteiger partial charge in [0.1, 0.15) is 0 Å². The Hall–Kier alpha value is 0. The third-order valence-electron chi connectivity index (χ3n) is 5.61. The fourth-order valence-electron chi connectivity index (χ4n) is 3.72. The zero-order valence-electron chi connectivity index (χ0n) is 17.0. The van der Waals surface area contributed by atoms with Crippen molar-refractivity contribution in [2.45, 2.75) is 113 Å². The molecule has 0 aliphatic heterocycles. The minimum absolute atomic E-state index is 0.868. The molecule has 0 heterocycles. The van der Waals surface area contributed by atoms with Gasteiger partial charge in [0.2, 0.25) is 0 Å². The molecule has 0 aromatic heterocycles. The molecule has 0 saturated carbocycles. The van der Waals surface area contributed by atoms with Gasteiger partial charge in [-0.25, -0.2) is 0 Å². The lowest BCUT2D eigenvalue weighted by Gasteiger charge is -2.20. The van der Waals surface area contributed by atoms with Crippen LogP contribution in [0.25, 0.3) is 0 Å². The molecule has 0 saturated heterocycles. The molecule has 134 valence electrons. The van der Waals surface area contributed by atoms with Crippen molar-refractivity contribution in [3.8, 4) is 0 Å². The van der Waals surface area contributed by atoms with Crippen molar-refractivity contribution in [2.75, 3.05) is 0 Å². The van der Waals surface area contributed by atoms with Crippen molar-refractivity contribution in [1.82, 2.24) is 0 Å². The van der Waals surface area contributed by atoms with Crippen molar-refractivity contribution >= 4 is 0 Å². The van der Waals surface area contributed by atoms with Crippen LogP contribution in [0.4, 0.5) is 0 Å². The molecule has 0 amide bonds. The van der Waals surface area contributed by atoms with Gasteiger partial charge in [-0.15, -0.1) is 0 Å². The van der Waals surface area contributed by atoms with Crippen LogP contribution in [-0.4, -0.2) is 0 Å². The second kappa shape index (κ2) is 13.4. The van der Waals surface area contributed by atoms with Crippen molar-refractivity contribution in [3.63, 3.8) is 0 Å². The van der Waals surface area contributed by atoms with Gasteiger partial charge >= 0.3 is 0 Å². The van der Waals surface area contributed by atoms with Crippen LogP contribution in [0.15, 0.2) is 0 Å². The molecule has 0 spiro atoms. The van der Waals surface area contributed by atoms with E-state index in [1.54, 1.807) is 0 Å². The molecule has 0 rings (SSSR count). The SMILES string of the molecule is CCC(CCCC(C)CCCC(C)CCCC(C)C)C(C)C. The topological polar surface area (TPSA) is 0 Å². The van der Waals surface area contributed by atoms with Crippen LogP contribution in [-0.2, 0) is 0 Å². The van der Waals surface area contributed by atoms with Gasteiger partial charge in [-0.3, -0.25) is 0 Å². The summed E-state index contributed by atoms with van der Waals surface area (Å²) in [4.78, 5) is 0. The highest BCUT2D eigenvalue weighted by atomic mass is 14.2. The van der Waals surface area contributed by atoms with E-state index in [2.05, 4.69) is 48.5 Å². The average molecular weight is 311 g/mol. The zero-order chi connectivity index (χ0) is 17.0. The molecule has 0 bridgehead atoms. The number of hydrogen-bond acceptors (Lipinski definition) is 0. The lowest BCUT2D eigenvalue weighted by molar-refractivity contribution is 0.319. The van der Waals surface area contributed by atoms with Crippen LogP contribution >= 0.6 is 0 Å². The van der Waals surface area contributed by atoms with E-state index in [1.807, 2.05) is 0 Å². The Morgan fingerprint density at radius 3 is 1.32 bits per heavy atom. The first kappa shape index (κ1) is 22.0. The monoisotopic (exact) mass is 310 g/mol. The van der Waals surface area contributed by atoms with E-state index in [0.717, 1.165) is 29.6 Å². The van der Waals surface area contributed by atoms with Gasteiger partial charge < -0.3 is 0 Å². The molecular formula is C22H46. The number of rotatable bonds is 14. The molecule has 0 aliphatic carbocycles. The Morgan fingerprint density at radius 1 is 0.545 bits per heavy atom. The second-order valence-electron chi connectivity index (χ2n) is 8.81. The van der Waals surface area contributed by atoms with Gasteiger partial charge in [-0.05, 0) is 29.6 Å². The van der Waals surface area contributed by atoms with E-state index < -0.39 is 0 Å². The van der Waals surface area contributed by atoms with E-state index in [0.29, 0.717) is 0 Å². The van der Waals surface area contributed by atoms with Gasteiger partial charge in [0.05, 0.1) is 0 Å². The fourth-order valence-corrected chi connectivity index (χ4v) is 3.72. The highest BCUT2D eigenvalue weighted by molar-refractivity contribution is 4.64. The lowest BCUT2D eigenvalue weighted by Crippen LogP contribution is -2.08. The maximum Gasteiger partial charge on any atom is -0.0394 e. The Labute approximate surface area is 142 Å². The molecule has 0 fully saturated rings. The molecule has 0 radical (unpaired) electrons. The molecular weight excluding hydrogens is 264 g/mol. The lowest BCUT2D eigenvalue weighted by atomic mass is 9.86. The van der Waals surface area contributed by atoms with Crippen molar-refractivity contribution < 1.29 is 0 Å². The van der Waals surface area contributed by atoms with Gasteiger partial charge in [-0.2, -0.15) is 0 Å². The summed E-state index contributed by atoms with van der Waals surface area (Å²) >= 11 is 0. The summed E-state index contributed by atoms with van der Waals surface area (Å²) in [6.07, 6.45) is 14.3. The Morgan fingerprint density at radius 2 is 0.955 bits per heavy atom. The van der Waals surface area contributed by atoms with Crippen LogP contribution in [0.1, 0.15) is 113 Å². The van der Waals surface area contributed by atoms with Crippen LogP contribution < -0.4 is 0 Å². The Balaban J connectivity index is 3.58. The molecule has 22 heavy (non-hydrogen) atoms. The zero-order valence-corrected chi connectivity index (χ0v) is 17.0. The summed E-state index contributed by atoms with van der Waals surface area (Å²) in [6.45, 7) is 16.7. The third kappa shape index (κ3) is 12.5. The maximum atomic E-state index is 2.47. The van der Waals surface area contributed by atoms with Gasteiger partial charge in [-0.1, -0.05) is 113 Å². The Kier molecular flexibility index (Phi) is 13.4. The molecule has 0 aliphatic rings. The normalized spacial score (nSPS) is 16.2. The van der Waals surface area contributed by atoms with Crippen molar-refractivity contribution in [3.05, 3.63) is 0 Å². The summed E-state index contributed by atoms with van der Waals surface area (Å²) in [7, 11) is 0. The Bertz CT molecular complexity index is 228. The molecule has 0 aromatic carbocycles. The van der Waals surface area contributed by atoms with E-state index in [1.165, 1.54) is 64.2 Å². The molecule has 0 N–H and O–H groups in total. The highest BCUT2D eigenvalue weighted by Gasteiger charge is 2.12. The first-order valence-corrected chi connectivity index (χ1v) is 10.4. The quantitative estimate of drug-likeness (QED) is 0.304. The average Bonchev–Trinajstić information content (AvgIpc) is 2.42. The first-order valence-electron chi connectivity index (χ1n) is 10.4. The van der Waals surface area contributed by atoms with Gasteiger partial charge in [0.25, 0.3) is 0 Å². The first-order chi connectivity index (χ1) is 10.4. The highest BCUT2D eigenvalue weighted by Crippen LogP contribution is 2.25. The van der Waals surface area contributed by atoms with Crippen LogP contribution in [0.5, 0.6) is 0 Å². The van der Waals surface area contributed by atoms with E-state index in [-0.39, 0.29) is 0 Å². The van der Waals surface area contributed by atoms with E-state index in [9.17, 15) is 0 Å². The molecule has 3 unspecified atom stereocenters. The standard InChI is InChI=1S/C22H46/c1-8-22(19(4)5)17-11-16-21(7)15-10-14-20(6)13-9-12-18(2)3/h18-22H,8-17H2,1-7H3. The largest absolute Gasteiger partial charge is 0.0651 e. The van der Waals surface area contributed by atoms with Crippen molar-refractivity contribution in [2.24, 2.45) is 29.6 Å². The van der Waals surface area contributed by atoms with Gasteiger partial charge in [0.15, 0.2) is 0 Å². The third-order valence-corrected chi connectivity index (χ3v) is 5.61.